The minimum Gasteiger partial charge on any atom is -0.372 e. The van der Waals surface area contributed by atoms with Crippen LogP contribution in [0.15, 0.2) is 42.6 Å². The van der Waals surface area contributed by atoms with E-state index in [1.165, 1.54) is 24.9 Å². The monoisotopic (exact) mass is 379 g/mol. The maximum absolute atomic E-state index is 12.7. The third kappa shape index (κ3) is 4.44. The zero-order chi connectivity index (χ0) is 19.3. The normalized spacial score (nSPS) is 18.2. The van der Waals surface area contributed by atoms with Gasteiger partial charge in [-0.25, -0.2) is 0 Å². The number of carbonyl (C=O) groups is 1. The van der Waals surface area contributed by atoms with Crippen LogP contribution in [0.3, 0.4) is 0 Å². The lowest BCUT2D eigenvalue weighted by Crippen LogP contribution is -2.47. The minimum absolute atomic E-state index is 0.0113. The molecule has 1 aromatic carbocycles. The second-order valence-electron chi connectivity index (χ2n) is 7.74. The van der Waals surface area contributed by atoms with Crippen LogP contribution in [0.25, 0.3) is 0 Å². The van der Waals surface area contributed by atoms with Crippen LogP contribution in [0.5, 0.6) is 0 Å². The second-order valence-corrected chi connectivity index (χ2v) is 7.74. The molecule has 0 bridgehead atoms. The Balaban J connectivity index is 1.41. The number of hydrogen-bond donors (Lipinski definition) is 1. The highest BCUT2D eigenvalue weighted by molar-refractivity contribution is 5.93. The Morgan fingerprint density at radius 3 is 2.32 bits per heavy atom. The molecule has 1 amide bonds. The number of likely N-dealkylation sites (N-methyl/N-ethyl adjacent to an activating group) is 1. The number of hydrogen-bond acceptors (Lipinski definition) is 5. The molecule has 6 nitrogen and oxygen atoms in total. The van der Waals surface area contributed by atoms with Crippen molar-refractivity contribution < 1.29 is 4.79 Å². The first-order valence-electron chi connectivity index (χ1n) is 10.2. The maximum Gasteiger partial charge on any atom is 0.272 e. The van der Waals surface area contributed by atoms with E-state index in [0.717, 1.165) is 50.6 Å². The van der Waals surface area contributed by atoms with Crippen molar-refractivity contribution in [3.05, 3.63) is 48.3 Å². The first-order chi connectivity index (χ1) is 13.7. The topological polar surface area (TPSA) is 51.7 Å². The van der Waals surface area contributed by atoms with Crippen molar-refractivity contribution in [3.63, 3.8) is 0 Å². The van der Waals surface area contributed by atoms with Crippen molar-refractivity contribution in [2.24, 2.45) is 0 Å². The third-order valence-corrected chi connectivity index (χ3v) is 5.65. The fourth-order valence-electron chi connectivity index (χ4n) is 3.87. The SMILES string of the molecule is CN1CCN(C(=O)c2cc(Nc3ccc(N4CCCCC4)cc3)ccn2)CC1. The Morgan fingerprint density at radius 2 is 1.61 bits per heavy atom. The highest BCUT2D eigenvalue weighted by atomic mass is 16.2. The van der Waals surface area contributed by atoms with E-state index in [2.05, 4.69) is 51.4 Å². The quantitative estimate of drug-likeness (QED) is 0.884. The molecule has 0 aliphatic carbocycles. The van der Waals surface area contributed by atoms with Gasteiger partial charge in [0, 0.05) is 62.5 Å². The summed E-state index contributed by atoms with van der Waals surface area (Å²) in [7, 11) is 2.08. The van der Waals surface area contributed by atoms with E-state index in [-0.39, 0.29) is 5.91 Å². The van der Waals surface area contributed by atoms with Crippen molar-refractivity contribution >= 4 is 23.0 Å². The van der Waals surface area contributed by atoms with Gasteiger partial charge < -0.3 is 20.0 Å². The predicted octanol–water partition coefficient (Wildman–Crippen LogP) is 3.20. The van der Waals surface area contributed by atoms with Crippen LogP contribution in [0.4, 0.5) is 17.1 Å². The van der Waals surface area contributed by atoms with Gasteiger partial charge in [0.05, 0.1) is 0 Å². The lowest BCUT2D eigenvalue weighted by atomic mass is 10.1. The highest BCUT2D eigenvalue weighted by Crippen LogP contribution is 2.24. The fraction of sp³-hybridized carbons (Fsp3) is 0.455. The molecule has 148 valence electrons. The van der Waals surface area contributed by atoms with Gasteiger partial charge in [-0.3, -0.25) is 9.78 Å². The number of rotatable bonds is 4. The molecule has 2 saturated heterocycles. The summed E-state index contributed by atoms with van der Waals surface area (Å²) in [6.07, 6.45) is 5.60. The number of piperidine rings is 1. The van der Waals surface area contributed by atoms with Crippen molar-refractivity contribution in [2.45, 2.75) is 19.3 Å². The highest BCUT2D eigenvalue weighted by Gasteiger charge is 2.21. The summed E-state index contributed by atoms with van der Waals surface area (Å²) >= 11 is 0. The van der Waals surface area contributed by atoms with Crippen LogP contribution in [-0.2, 0) is 0 Å². The summed E-state index contributed by atoms with van der Waals surface area (Å²) < 4.78 is 0. The van der Waals surface area contributed by atoms with E-state index >= 15 is 0 Å². The Labute approximate surface area is 167 Å². The van der Waals surface area contributed by atoms with Crippen molar-refractivity contribution in [2.75, 3.05) is 56.5 Å². The Kier molecular flexibility index (Phi) is 5.76. The number of anilines is 3. The van der Waals surface area contributed by atoms with E-state index < -0.39 is 0 Å². The second kappa shape index (κ2) is 8.61. The van der Waals surface area contributed by atoms with Gasteiger partial charge in [-0.05, 0) is 62.7 Å². The standard InChI is InChI=1S/C22H29N5O/c1-25-13-15-27(16-14-25)22(28)21-17-19(9-10-23-21)24-18-5-7-20(8-6-18)26-11-3-2-4-12-26/h5-10,17H,2-4,11-16H2,1H3,(H,23,24). The number of aromatic nitrogens is 1. The van der Waals surface area contributed by atoms with E-state index in [9.17, 15) is 4.79 Å². The summed E-state index contributed by atoms with van der Waals surface area (Å²) in [5.74, 6) is 0.0113. The van der Waals surface area contributed by atoms with Crippen LogP contribution in [0.2, 0.25) is 0 Å². The van der Waals surface area contributed by atoms with Gasteiger partial charge >= 0.3 is 0 Å². The zero-order valence-electron chi connectivity index (χ0n) is 16.6. The lowest BCUT2D eigenvalue weighted by Gasteiger charge is -2.32. The summed E-state index contributed by atoms with van der Waals surface area (Å²) in [4.78, 5) is 23.6. The van der Waals surface area contributed by atoms with Crippen LogP contribution in [-0.4, -0.2) is 67.0 Å². The molecule has 2 aliphatic heterocycles. The Bertz CT molecular complexity index is 793. The predicted molar refractivity (Wildman–Crippen MR) is 113 cm³/mol. The molecule has 1 N–H and O–H groups in total. The number of benzene rings is 1. The van der Waals surface area contributed by atoms with E-state index in [1.807, 2.05) is 17.0 Å². The summed E-state index contributed by atoms with van der Waals surface area (Å²) in [6.45, 7) is 5.63. The largest absolute Gasteiger partial charge is 0.372 e. The molecular formula is C22H29N5O. The maximum atomic E-state index is 12.7. The number of nitrogens with one attached hydrogen (secondary N) is 1. The average molecular weight is 380 g/mol. The lowest BCUT2D eigenvalue weighted by molar-refractivity contribution is 0.0658. The molecule has 28 heavy (non-hydrogen) atoms. The van der Waals surface area contributed by atoms with Crippen molar-refractivity contribution in [1.29, 1.82) is 0 Å². The van der Waals surface area contributed by atoms with Gasteiger partial charge in [-0.15, -0.1) is 0 Å². The Morgan fingerprint density at radius 1 is 0.893 bits per heavy atom. The van der Waals surface area contributed by atoms with Gasteiger partial charge in [-0.2, -0.15) is 0 Å². The van der Waals surface area contributed by atoms with Crippen molar-refractivity contribution in [3.8, 4) is 0 Å². The van der Waals surface area contributed by atoms with Crippen LogP contribution in [0, 0.1) is 0 Å². The summed E-state index contributed by atoms with van der Waals surface area (Å²) in [5, 5.41) is 3.40. The van der Waals surface area contributed by atoms with E-state index in [0.29, 0.717) is 5.69 Å². The molecule has 4 rings (SSSR count). The smallest absolute Gasteiger partial charge is 0.272 e. The molecule has 0 radical (unpaired) electrons. The molecule has 1 aromatic heterocycles. The average Bonchev–Trinajstić information content (AvgIpc) is 2.75. The fourth-order valence-corrected chi connectivity index (χ4v) is 3.87. The number of carbonyl (C=O) groups excluding carboxylic acids is 1. The molecular weight excluding hydrogens is 350 g/mol. The number of nitrogens with zero attached hydrogens (tertiary/aromatic N) is 4. The number of piperazine rings is 1. The molecule has 0 unspecified atom stereocenters. The molecule has 2 aliphatic rings. The van der Waals surface area contributed by atoms with E-state index in [1.54, 1.807) is 6.20 Å². The first-order valence-corrected chi connectivity index (χ1v) is 10.2. The minimum atomic E-state index is 0.0113. The number of amides is 1. The summed E-state index contributed by atoms with van der Waals surface area (Å²) in [5.41, 5.74) is 3.69. The van der Waals surface area contributed by atoms with Gasteiger partial charge in [0.2, 0.25) is 0 Å². The zero-order valence-corrected chi connectivity index (χ0v) is 16.6. The Hall–Kier alpha value is -2.60. The third-order valence-electron chi connectivity index (χ3n) is 5.65. The first kappa shape index (κ1) is 18.7. The molecule has 0 saturated carbocycles. The van der Waals surface area contributed by atoms with Crippen LogP contribution < -0.4 is 10.2 Å². The van der Waals surface area contributed by atoms with Gasteiger partial charge in [0.1, 0.15) is 5.69 Å². The summed E-state index contributed by atoms with van der Waals surface area (Å²) in [6, 6.07) is 12.3. The molecule has 2 aromatic rings. The van der Waals surface area contributed by atoms with Crippen LogP contribution in [0.1, 0.15) is 29.8 Å². The van der Waals surface area contributed by atoms with Gasteiger partial charge in [0.25, 0.3) is 5.91 Å². The van der Waals surface area contributed by atoms with Crippen LogP contribution >= 0.6 is 0 Å². The van der Waals surface area contributed by atoms with E-state index in [4.69, 9.17) is 0 Å². The van der Waals surface area contributed by atoms with Gasteiger partial charge in [-0.1, -0.05) is 0 Å². The molecule has 2 fully saturated rings. The molecule has 0 spiro atoms. The van der Waals surface area contributed by atoms with Crippen molar-refractivity contribution in [1.82, 2.24) is 14.8 Å². The number of pyridine rings is 1. The molecule has 3 heterocycles. The molecule has 0 atom stereocenters. The molecule has 6 heteroatoms. The van der Waals surface area contributed by atoms with Gasteiger partial charge in [0.15, 0.2) is 0 Å².